The number of nitrogens with zero attached hydrogens (tertiary/aromatic N) is 2. The van der Waals surface area contributed by atoms with E-state index >= 15 is 0 Å². The van der Waals surface area contributed by atoms with E-state index < -0.39 is 0 Å². The molecule has 3 heteroatoms. The SMILES string of the molecule is C=CCn1cc[n+](CCCC)c1.[I-]. The summed E-state index contributed by atoms with van der Waals surface area (Å²) in [7, 11) is 0. The third kappa shape index (κ3) is 4.45. The van der Waals surface area contributed by atoms with E-state index in [1.54, 1.807) is 0 Å². The molecular formula is C10H17IN2. The molecule has 0 atom stereocenters. The van der Waals surface area contributed by atoms with Crippen molar-refractivity contribution in [1.29, 1.82) is 0 Å². The van der Waals surface area contributed by atoms with E-state index in [4.69, 9.17) is 0 Å². The van der Waals surface area contributed by atoms with E-state index in [1.807, 2.05) is 6.08 Å². The largest absolute Gasteiger partial charge is 1.00 e. The fourth-order valence-electron chi connectivity index (χ4n) is 1.17. The van der Waals surface area contributed by atoms with Gasteiger partial charge in [0.05, 0.1) is 6.54 Å². The van der Waals surface area contributed by atoms with E-state index in [9.17, 15) is 0 Å². The van der Waals surface area contributed by atoms with E-state index in [1.165, 1.54) is 12.8 Å². The third-order valence-corrected chi connectivity index (χ3v) is 1.86. The summed E-state index contributed by atoms with van der Waals surface area (Å²) in [6.07, 6.45) is 10.7. The van der Waals surface area contributed by atoms with E-state index in [2.05, 4.69) is 41.4 Å². The highest BCUT2D eigenvalue weighted by Crippen LogP contribution is 1.88. The molecule has 1 aromatic rings. The van der Waals surface area contributed by atoms with Crippen molar-refractivity contribution in [3.63, 3.8) is 0 Å². The van der Waals surface area contributed by atoms with Crippen molar-refractivity contribution in [2.75, 3.05) is 0 Å². The highest BCUT2D eigenvalue weighted by Gasteiger charge is 1.99. The number of unbranched alkanes of at least 4 members (excludes halogenated alkanes) is 1. The van der Waals surface area contributed by atoms with Gasteiger partial charge in [-0.15, -0.1) is 0 Å². The zero-order chi connectivity index (χ0) is 8.81. The van der Waals surface area contributed by atoms with Crippen molar-refractivity contribution in [2.45, 2.75) is 32.9 Å². The van der Waals surface area contributed by atoms with Crippen LogP contribution in [-0.4, -0.2) is 4.57 Å². The van der Waals surface area contributed by atoms with Crippen molar-refractivity contribution in [1.82, 2.24) is 4.57 Å². The Hall–Kier alpha value is -0.320. The van der Waals surface area contributed by atoms with Gasteiger partial charge in [0.15, 0.2) is 0 Å². The average molecular weight is 292 g/mol. The monoisotopic (exact) mass is 292 g/mol. The Morgan fingerprint density at radius 3 is 2.92 bits per heavy atom. The molecule has 13 heavy (non-hydrogen) atoms. The fourth-order valence-corrected chi connectivity index (χ4v) is 1.17. The quantitative estimate of drug-likeness (QED) is 0.365. The minimum Gasteiger partial charge on any atom is -1.00 e. The number of aryl methyl sites for hydroxylation is 1. The second-order valence-electron chi connectivity index (χ2n) is 2.99. The number of allylic oxidation sites excluding steroid dienone is 1. The second kappa shape index (κ2) is 7.12. The van der Waals surface area contributed by atoms with Crippen molar-refractivity contribution in [2.24, 2.45) is 0 Å². The molecule has 0 fully saturated rings. The van der Waals surface area contributed by atoms with Gasteiger partial charge in [0.25, 0.3) is 0 Å². The molecule has 74 valence electrons. The van der Waals surface area contributed by atoms with E-state index in [0.717, 1.165) is 13.1 Å². The lowest BCUT2D eigenvalue weighted by Gasteiger charge is -1.91. The Morgan fingerprint density at radius 1 is 1.54 bits per heavy atom. The van der Waals surface area contributed by atoms with Crippen molar-refractivity contribution in [3.8, 4) is 0 Å². The van der Waals surface area contributed by atoms with Gasteiger partial charge in [-0.05, 0) is 6.42 Å². The Balaban J connectivity index is 0.00000144. The first kappa shape index (κ1) is 12.7. The normalized spacial score (nSPS) is 9.31. The minimum absolute atomic E-state index is 0. The minimum atomic E-state index is 0. The van der Waals surface area contributed by atoms with Gasteiger partial charge in [0, 0.05) is 0 Å². The number of hydrogen-bond donors (Lipinski definition) is 0. The Labute approximate surface area is 97.3 Å². The molecule has 0 N–H and O–H groups in total. The van der Waals surface area contributed by atoms with Gasteiger partial charge in [0.1, 0.15) is 18.9 Å². The first-order valence-corrected chi connectivity index (χ1v) is 4.52. The van der Waals surface area contributed by atoms with Gasteiger partial charge in [-0.3, -0.25) is 0 Å². The smallest absolute Gasteiger partial charge is 0.244 e. The zero-order valence-corrected chi connectivity index (χ0v) is 10.3. The van der Waals surface area contributed by atoms with Gasteiger partial charge in [0.2, 0.25) is 6.33 Å². The predicted octanol–water partition coefficient (Wildman–Crippen LogP) is -1.23. The Bertz CT molecular complexity index is 243. The third-order valence-electron chi connectivity index (χ3n) is 1.86. The van der Waals surface area contributed by atoms with E-state index in [0.29, 0.717) is 0 Å². The topological polar surface area (TPSA) is 8.81 Å². The Kier molecular flexibility index (Phi) is 6.94. The first-order valence-electron chi connectivity index (χ1n) is 4.52. The maximum absolute atomic E-state index is 3.70. The van der Waals surface area contributed by atoms with Crippen LogP contribution in [0.4, 0.5) is 0 Å². The standard InChI is InChI=1S/C10H17N2.HI/c1-3-5-7-12-9-8-11(10-12)6-4-2;/h4,8-10H,2-3,5-7H2,1H3;1H/q+1;/p-1. The molecule has 1 rings (SSSR count). The van der Waals surface area contributed by atoms with Crippen molar-refractivity contribution < 1.29 is 28.5 Å². The van der Waals surface area contributed by atoms with Crippen LogP contribution in [0.2, 0.25) is 0 Å². The van der Waals surface area contributed by atoms with Gasteiger partial charge in [-0.1, -0.05) is 26.0 Å². The number of halogens is 1. The number of hydrogen-bond acceptors (Lipinski definition) is 0. The van der Waals surface area contributed by atoms with Crippen LogP contribution in [0.25, 0.3) is 0 Å². The van der Waals surface area contributed by atoms with Gasteiger partial charge in [-0.25, -0.2) is 9.13 Å². The van der Waals surface area contributed by atoms with Crippen LogP contribution in [-0.2, 0) is 13.1 Å². The summed E-state index contributed by atoms with van der Waals surface area (Å²) >= 11 is 0. The van der Waals surface area contributed by atoms with Gasteiger partial charge in [-0.2, -0.15) is 0 Å². The lowest BCUT2D eigenvalue weighted by Crippen LogP contribution is -3.00. The predicted molar refractivity (Wildman–Crippen MR) is 49.7 cm³/mol. The van der Waals surface area contributed by atoms with Crippen LogP contribution in [0.15, 0.2) is 31.4 Å². The summed E-state index contributed by atoms with van der Waals surface area (Å²) in [4.78, 5) is 0. The number of rotatable bonds is 5. The van der Waals surface area contributed by atoms with Crippen LogP contribution in [0, 0.1) is 0 Å². The second-order valence-corrected chi connectivity index (χ2v) is 2.99. The molecule has 1 heterocycles. The molecule has 1 aromatic heterocycles. The van der Waals surface area contributed by atoms with Gasteiger partial charge < -0.3 is 24.0 Å². The molecule has 0 aliphatic carbocycles. The maximum Gasteiger partial charge on any atom is 0.244 e. The molecule has 0 unspecified atom stereocenters. The molecule has 0 radical (unpaired) electrons. The molecule has 0 aromatic carbocycles. The summed E-state index contributed by atoms with van der Waals surface area (Å²) in [5, 5.41) is 0. The lowest BCUT2D eigenvalue weighted by atomic mass is 10.3. The van der Waals surface area contributed by atoms with Crippen molar-refractivity contribution >= 4 is 0 Å². The van der Waals surface area contributed by atoms with Crippen LogP contribution in [0.5, 0.6) is 0 Å². The number of imidazole rings is 1. The molecule has 0 bridgehead atoms. The zero-order valence-electron chi connectivity index (χ0n) is 8.12. The molecular weight excluding hydrogens is 275 g/mol. The first-order chi connectivity index (χ1) is 5.86. The highest BCUT2D eigenvalue weighted by molar-refractivity contribution is 4.73. The van der Waals surface area contributed by atoms with Crippen LogP contribution in [0.1, 0.15) is 19.8 Å². The van der Waals surface area contributed by atoms with Crippen LogP contribution < -0.4 is 28.5 Å². The summed E-state index contributed by atoms with van der Waals surface area (Å²) in [6.45, 7) is 7.93. The van der Waals surface area contributed by atoms with Crippen LogP contribution >= 0.6 is 0 Å². The molecule has 0 aliphatic rings. The van der Waals surface area contributed by atoms with Crippen molar-refractivity contribution in [3.05, 3.63) is 31.4 Å². The van der Waals surface area contributed by atoms with E-state index in [-0.39, 0.29) is 24.0 Å². The molecule has 0 spiro atoms. The highest BCUT2D eigenvalue weighted by atomic mass is 127. The molecule has 2 nitrogen and oxygen atoms in total. The van der Waals surface area contributed by atoms with Crippen LogP contribution in [0.3, 0.4) is 0 Å². The Morgan fingerprint density at radius 2 is 2.31 bits per heavy atom. The lowest BCUT2D eigenvalue weighted by molar-refractivity contribution is -0.696. The average Bonchev–Trinajstić information content (AvgIpc) is 2.50. The molecule has 0 aliphatic heterocycles. The van der Waals surface area contributed by atoms with Gasteiger partial charge >= 0.3 is 0 Å². The summed E-state index contributed by atoms with van der Waals surface area (Å²) in [5.41, 5.74) is 0. The number of aromatic nitrogens is 2. The summed E-state index contributed by atoms with van der Waals surface area (Å²) in [6, 6.07) is 0. The summed E-state index contributed by atoms with van der Waals surface area (Å²) < 4.78 is 4.34. The molecule has 0 saturated heterocycles. The maximum atomic E-state index is 3.70. The molecule has 0 amide bonds. The summed E-state index contributed by atoms with van der Waals surface area (Å²) in [5.74, 6) is 0. The fraction of sp³-hybridized carbons (Fsp3) is 0.500. The molecule has 0 saturated carbocycles.